The van der Waals surface area contributed by atoms with Gasteiger partial charge in [-0.05, 0) is 6.92 Å². The maximum absolute atomic E-state index is 11.4. The molecule has 1 rings (SSSR count). The molecule has 1 aromatic rings. The van der Waals surface area contributed by atoms with E-state index in [1.807, 2.05) is 0 Å². The molecular weight excluding hydrogens is 254 g/mol. The van der Waals surface area contributed by atoms with E-state index < -0.39 is 5.97 Å². The van der Waals surface area contributed by atoms with Gasteiger partial charge < -0.3 is 15.7 Å². The van der Waals surface area contributed by atoms with Gasteiger partial charge in [0.2, 0.25) is 5.91 Å². The molecule has 0 atom stereocenters. The van der Waals surface area contributed by atoms with Crippen molar-refractivity contribution in [3.05, 3.63) is 28.2 Å². The summed E-state index contributed by atoms with van der Waals surface area (Å²) in [5.41, 5.74) is 0.474. The van der Waals surface area contributed by atoms with Crippen LogP contribution in [0.25, 0.3) is 0 Å². The summed E-state index contributed by atoms with van der Waals surface area (Å²) >= 11 is 1.08. The molecule has 0 unspecified atom stereocenters. The van der Waals surface area contributed by atoms with Crippen LogP contribution in [0.1, 0.15) is 20.4 Å². The van der Waals surface area contributed by atoms with Crippen molar-refractivity contribution in [2.75, 3.05) is 13.1 Å². The maximum Gasteiger partial charge on any atom is 0.347 e. The molecule has 6 nitrogen and oxygen atoms in total. The smallest absolute Gasteiger partial charge is 0.347 e. The Bertz CT molecular complexity index is 456. The number of thiazole rings is 1. The zero-order valence-electron chi connectivity index (χ0n) is 10.0. The van der Waals surface area contributed by atoms with Crippen LogP contribution in [-0.2, 0) is 11.3 Å². The first kappa shape index (κ1) is 14.3. The van der Waals surface area contributed by atoms with Crippen molar-refractivity contribution >= 4 is 23.2 Å². The SMILES string of the molecule is C=CCNCC(=O)NCc1nc(C)c(C(=O)O)s1. The molecule has 1 amide bonds. The summed E-state index contributed by atoms with van der Waals surface area (Å²) in [6.45, 7) is 6.16. The van der Waals surface area contributed by atoms with E-state index in [4.69, 9.17) is 5.11 Å². The summed E-state index contributed by atoms with van der Waals surface area (Å²) in [6, 6.07) is 0. The molecule has 0 aromatic carbocycles. The number of hydrogen-bond donors (Lipinski definition) is 3. The second kappa shape index (κ2) is 6.87. The van der Waals surface area contributed by atoms with E-state index in [1.54, 1.807) is 13.0 Å². The lowest BCUT2D eigenvalue weighted by atomic mass is 10.4. The van der Waals surface area contributed by atoms with Gasteiger partial charge in [-0.3, -0.25) is 4.79 Å². The first-order chi connectivity index (χ1) is 8.54. The predicted molar refractivity (Wildman–Crippen MR) is 68.7 cm³/mol. The maximum atomic E-state index is 11.4. The van der Waals surface area contributed by atoms with Gasteiger partial charge in [0, 0.05) is 6.54 Å². The van der Waals surface area contributed by atoms with E-state index in [9.17, 15) is 9.59 Å². The Morgan fingerprint density at radius 2 is 2.28 bits per heavy atom. The van der Waals surface area contributed by atoms with Crippen molar-refractivity contribution < 1.29 is 14.7 Å². The Labute approximate surface area is 109 Å². The topological polar surface area (TPSA) is 91.3 Å². The van der Waals surface area contributed by atoms with E-state index in [0.29, 0.717) is 17.2 Å². The van der Waals surface area contributed by atoms with E-state index in [1.165, 1.54) is 0 Å². The highest BCUT2D eigenvalue weighted by Crippen LogP contribution is 2.17. The van der Waals surface area contributed by atoms with Gasteiger partial charge in [-0.1, -0.05) is 6.08 Å². The number of nitrogens with zero attached hydrogens (tertiary/aromatic N) is 1. The fourth-order valence-corrected chi connectivity index (χ4v) is 2.09. The molecule has 0 radical (unpaired) electrons. The number of aryl methyl sites for hydroxylation is 1. The molecule has 18 heavy (non-hydrogen) atoms. The average Bonchev–Trinajstić information content (AvgIpc) is 2.68. The molecule has 0 fully saturated rings. The van der Waals surface area contributed by atoms with Crippen LogP contribution in [0.5, 0.6) is 0 Å². The number of amides is 1. The van der Waals surface area contributed by atoms with Crippen molar-refractivity contribution in [3.63, 3.8) is 0 Å². The number of hydrogen-bond acceptors (Lipinski definition) is 5. The molecule has 0 aliphatic heterocycles. The summed E-state index contributed by atoms with van der Waals surface area (Å²) in [7, 11) is 0. The predicted octanol–water partition coefficient (Wildman–Crippen LogP) is 0.542. The largest absolute Gasteiger partial charge is 0.477 e. The van der Waals surface area contributed by atoms with E-state index in [2.05, 4.69) is 22.2 Å². The first-order valence-corrected chi connectivity index (χ1v) is 6.14. The molecule has 1 heterocycles. The van der Waals surface area contributed by atoms with Crippen LogP contribution in [0.3, 0.4) is 0 Å². The molecule has 7 heteroatoms. The summed E-state index contributed by atoms with van der Waals surface area (Å²) < 4.78 is 0. The van der Waals surface area contributed by atoms with Gasteiger partial charge in [0.1, 0.15) is 9.88 Å². The van der Waals surface area contributed by atoms with Crippen molar-refractivity contribution in [3.8, 4) is 0 Å². The van der Waals surface area contributed by atoms with Crippen molar-refractivity contribution in [2.45, 2.75) is 13.5 Å². The molecule has 1 aromatic heterocycles. The zero-order chi connectivity index (χ0) is 13.5. The number of aromatic carboxylic acids is 1. The highest BCUT2D eigenvalue weighted by atomic mass is 32.1. The molecule has 98 valence electrons. The van der Waals surface area contributed by atoms with Gasteiger partial charge in [0.25, 0.3) is 0 Å². The summed E-state index contributed by atoms with van der Waals surface area (Å²) in [5, 5.41) is 15.0. The van der Waals surface area contributed by atoms with Crippen LogP contribution >= 0.6 is 11.3 Å². The number of carbonyl (C=O) groups is 2. The molecule has 0 aliphatic carbocycles. The van der Waals surface area contributed by atoms with Crippen LogP contribution in [-0.4, -0.2) is 35.1 Å². The Balaban J connectivity index is 2.43. The minimum Gasteiger partial charge on any atom is -0.477 e. The Kier molecular flexibility index (Phi) is 5.47. The van der Waals surface area contributed by atoms with E-state index in [-0.39, 0.29) is 23.9 Å². The van der Waals surface area contributed by atoms with Crippen LogP contribution in [0, 0.1) is 6.92 Å². The minimum absolute atomic E-state index is 0.165. The fraction of sp³-hybridized carbons (Fsp3) is 0.364. The van der Waals surface area contributed by atoms with Gasteiger partial charge >= 0.3 is 5.97 Å². The third-order valence-corrected chi connectivity index (χ3v) is 3.19. The summed E-state index contributed by atoms with van der Waals surface area (Å²) in [4.78, 5) is 26.5. The number of carboxylic acid groups (broad SMARTS) is 1. The van der Waals surface area contributed by atoms with Crippen molar-refractivity contribution in [1.29, 1.82) is 0 Å². The third kappa shape index (κ3) is 4.27. The molecule has 0 bridgehead atoms. The fourth-order valence-electron chi connectivity index (χ4n) is 1.25. The number of nitrogens with one attached hydrogen (secondary N) is 2. The standard InChI is InChI=1S/C11H15N3O3S/c1-3-4-12-5-8(15)13-6-9-14-7(2)10(18-9)11(16)17/h3,12H,1,4-6H2,2H3,(H,13,15)(H,16,17). The number of rotatable bonds is 7. The molecule has 0 saturated carbocycles. The highest BCUT2D eigenvalue weighted by molar-refractivity contribution is 7.13. The molecule has 0 saturated heterocycles. The average molecular weight is 269 g/mol. The third-order valence-electron chi connectivity index (χ3n) is 2.05. The number of carbonyl (C=O) groups excluding carboxylic acids is 1. The number of aromatic nitrogens is 1. The lowest BCUT2D eigenvalue weighted by Crippen LogP contribution is -2.33. The molecule has 0 aliphatic rings. The van der Waals surface area contributed by atoms with Gasteiger partial charge in [0.15, 0.2) is 0 Å². The monoisotopic (exact) mass is 269 g/mol. The lowest BCUT2D eigenvalue weighted by Gasteiger charge is -2.02. The van der Waals surface area contributed by atoms with Crippen LogP contribution in [0.4, 0.5) is 0 Å². The van der Waals surface area contributed by atoms with Crippen molar-refractivity contribution in [1.82, 2.24) is 15.6 Å². The van der Waals surface area contributed by atoms with Gasteiger partial charge in [-0.25, -0.2) is 9.78 Å². The van der Waals surface area contributed by atoms with E-state index >= 15 is 0 Å². The van der Waals surface area contributed by atoms with Gasteiger partial charge in [-0.2, -0.15) is 0 Å². The van der Waals surface area contributed by atoms with Gasteiger partial charge in [-0.15, -0.1) is 17.9 Å². The normalized spacial score (nSPS) is 10.1. The van der Waals surface area contributed by atoms with Crippen LogP contribution in [0.15, 0.2) is 12.7 Å². The quantitative estimate of drug-likeness (QED) is 0.496. The minimum atomic E-state index is -0.991. The molecular formula is C11H15N3O3S. The Morgan fingerprint density at radius 3 is 2.83 bits per heavy atom. The lowest BCUT2D eigenvalue weighted by molar-refractivity contribution is -0.120. The zero-order valence-corrected chi connectivity index (χ0v) is 10.8. The highest BCUT2D eigenvalue weighted by Gasteiger charge is 2.14. The van der Waals surface area contributed by atoms with Crippen LogP contribution in [0.2, 0.25) is 0 Å². The Hall–Kier alpha value is -1.73. The first-order valence-electron chi connectivity index (χ1n) is 5.32. The second-order valence-corrected chi connectivity index (χ2v) is 4.61. The molecule has 3 N–H and O–H groups in total. The summed E-state index contributed by atoms with van der Waals surface area (Å²) in [6.07, 6.45) is 1.66. The van der Waals surface area contributed by atoms with Gasteiger partial charge in [0.05, 0.1) is 18.8 Å². The van der Waals surface area contributed by atoms with Crippen molar-refractivity contribution in [2.24, 2.45) is 0 Å². The van der Waals surface area contributed by atoms with Crippen LogP contribution < -0.4 is 10.6 Å². The molecule has 0 spiro atoms. The van der Waals surface area contributed by atoms with E-state index in [0.717, 1.165) is 11.3 Å². The number of carboxylic acids is 1. The summed E-state index contributed by atoms with van der Waals surface area (Å²) in [5.74, 6) is -1.16. The second-order valence-electron chi connectivity index (χ2n) is 3.52. The Morgan fingerprint density at radius 1 is 1.56 bits per heavy atom.